The van der Waals surface area contributed by atoms with Crippen LogP contribution in [-0.4, -0.2) is 16.5 Å². The number of anilines is 1. The van der Waals surface area contributed by atoms with E-state index in [1.54, 1.807) is 7.11 Å². The summed E-state index contributed by atoms with van der Waals surface area (Å²) in [4.78, 5) is 7.40. The van der Waals surface area contributed by atoms with Crippen molar-refractivity contribution in [1.29, 1.82) is 0 Å². The minimum absolute atomic E-state index is 0.810. The van der Waals surface area contributed by atoms with Gasteiger partial charge in [-0.1, -0.05) is 36.4 Å². The van der Waals surface area contributed by atoms with Crippen molar-refractivity contribution in [1.82, 2.24) is 9.38 Å². The maximum absolute atomic E-state index is 5.30. The smallest absolute Gasteiger partial charge is 0.142 e. The van der Waals surface area contributed by atoms with Gasteiger partial charge in [-0.05, 0) is 57.7 Å². The summed E-state index contributed by atoms with van der Waals surface area (Å²) >= 11 is 3.68. The second-order valence-electron chi connectivity index (χ2n) is 7.18. The summed E-state index contributed by atoms with van der Waals surface area (Å²) in [7, 11) is 1.70. The first-order chi connectivity index (χ1) is 13.6. The summed E-state index contributed by atoms with van der Waals surface area (Å²) in [6.07, 6.45) is 2.13. The first kappa shape index (κ1) is 17.3. The number of benzene rings is 2. The van der Waals surface area contributed by atoms with Gasteiger partial charge in [0.05, 0.1) is 7.11 Å². The van der Waals surface area contributed by atoms with Crippen molar-refractivity contribution in [2.45, 2.75) is 20.0 Å². The van der Waals surface area contributed by atoms with E-state index in [4.69, 9.17) is 9.72 Å². The van der Waals surface area contributed by atoms with E-state index in [2.05, 4.69) is 80.8 Å². The van der Waals surface area contributed by atoms with Gasteiger partial charge in [0, 0.05) is 29.3 Å². The van der Waals surface area contributed by atoms with E-state index >= 15 is 0 Å². The predicted octanol–water partition coefficient (Wildman–Crippen LogP) is 5.60. The molecule has 4 nitrogen and oxygen atoms in total. The average molecular weight is 434 g/mol. The Morgan fingerprint density at radius 2 is 1.89 bits per heavy atom. The van der Waals surface area contributed by atoms with Gasteiger partial charge in [0.1, 0.15) is 22.9 Å². The lowest BCUT2D eigenvalue weighted by atomic mass is 9.99. The molecule has 1 aliphatic rings. The van der Waals surface area contributed by atoms with Crippen molar-refractivity contribution in [3.63, 3.8) is 0 Å². The quantitative estimate of drug-likeness (QED) is 0.421. The summed E-state index contributed by atoms with van der Waals surface area (Å²) in [6.45, 7) is 3.76. The number of fused-ring (bicyclic) bond motifs is 5. The summed E-state index contributed by atoms with van der Waals surface area (Å²) < 4.78 is 8.59. The number of aromatic nitrogens is 2. The van der Waals surface area contributed by atoms with Crippen molar-refractivity contribution in [3.05, 3.63) is 82.0 Å². The Labute approximate surface area is 172 Å². The summed E-state index contributed by atoms with van der Waals surface area (Å²) in [5.74, 6) is 2.02. The molecule has 2 aromatic heterocycles. The van der Waals surface area contributed by atoms with Crippen LogP contribution in [0.25, 0.3) is 16.9 Å². The number of methoxy groups -OCH3 is 1. The van der Waals surface area contributed by atoms with E-state index in [0.29, 0.717) is 0 Å². The zero-order valence-electron chi connectivity index (χ0n) is 15.8. The number of hydrogen-bond donors (Lipinski definition) is 0. The van der Waals surface area contributed by atoms with Crippen LogP contribution in [0.2, 0.25) is 0 Å². The van der Waals surface area contributed by atoms with Gasteiger partial charge < -0.3 is 9.64 Å². The maximum Gasteiger partial charge on any atom is 0.142 e. The predicted molar refractivity (Wildman–Crippen MR) is 116 cm³/mol. The van der Waals surface area contributed by atoms with Crippen LogP contribution in [0.5, 0.6) is 5.75 Å². The van der Waals surface area contributed by atoms with Gasteiger partial charge in [-0.15, -0.1) is 0 Å². The van der Waals surface area contributed by atoms with Crippen LogP contribution in [0.3, 0.4) is 0 Å². The fraction of sp³-hybridized carbons (Fsp3) is 0.174. The standard InChI is InChI=1S/C23H20BrN3O/c1-15-11-21-25-22-19-6-4-3-5-17(19)13-26(23(22)27(21)14-20(15)24)12-16-7-9-18(28-2)10-8-16/h3-11,14H,12-13H2,1-2H3. The third-order valence-electron chi connectivity index (χ3n) is 5.34. The molecule has 0 radical (unpaired) electrons. The zero-order chi connectivity index (χ0) is 19.3. The molecule has 0 aliphatic carbocycles. The van der Waals surface area contributed by atoms with Gasteiger partial charge in [0.2, 0.25) is 0 Å². The van der Waals surface area contributed by atoms with E-state index < -0.39 is 0 Å². The van der Waals surface area contributed by atoms with Gasteiger partial charge in [-0.3, -0.25) is 4.40 Å². The fourth-order valence-corrected chi connectivity index (χ4v) is 4.20. The highest BCUT2D eigenvalue weighted by Crippen LogP contribution is 2.40. The number of nitrogens with zero attached hydrogens (tertiary/aromatic N) is 3. The Kier molecular flexibility index (Phi) is 4.13. The van der Waals surface area contributed by atoms with Crippen molar-refractivity contribution >= 4 is 27.4 Å². The summed E-state index contributed by atoms with van der Waals surface area (Å²) in [5, 5.41) is 0. The number of halogens is 1. The molecule has 0 fully saturated rings. The molecule has 0 bridgehead atoms. The van der Waals surface area contributed by atoms with Gasteiger partial charge in [-0.2, -0.15) is 0 Å². The van der Waals surface area contributed by atoms with Gasteiger partial charge in [0.15, 0.2) is 0 Å². The molecule has 5 heteroatoms. The van der Waals surface area contributed by atoms with Crippen molar-refractivity contribution in [2.24, 2.45) is 0 Å². The number of imidazole rings is 1. The van der Waals surface area contributed by atoms with Crippen molar-refractivity contribution in [2.75, 3.05) is 12.0 Å². The monoisotopic (exact) mass is 433 g/mol. The van der Waals surface area contributed by atoms with Crippen LogP contribution in [0.4, 0.5) is 5.82 Å². The highest BCUT2D eigenvalue weighted by molar-refractivity contribution is 9.10. The zero-order valence-corrected chi connectivity index (χ0v) is 17.4. The molecular weight excluding hydrogens is 414 g/mol. The number of hydrogen-bond acceptors (Lipinski definition) is 3. The van der Waals surface area contributed by atoms with Crippen LogP contribution in [-0.2, 0) is 13.1 Å². The van der Waals surface area contributed by atoms with Crippen LogP contribution in [0, 0.1) is 6.92 Å². The average Bonchev–Trinajstić information content (AvgIpc) is 3.08. The lowest BCUT2D eigenvalue weighted by Crippen LogP contribution is -2.27. The van der Waals surface area contributed by atoms with E-state index in [1.165, 1.54) is 22.3 Å². The second-order valence-corrected chi connectivity index (χ2v) is 8.03. The minimum Gasteiger partial charge on any atom is -0.497 e. The molecule has 0 saturated carbocycles. The molecule has 3 heterocycles. The number of aryl methyl sites for hydroxylation is 1. The SMILES string of the molecule is COc1ccc(CN2Cc3ccccc3-c3nc4cc(C)c(Br)cn4c32)cc1. The first-order valence-corrected chi connectivity index (χ1v) is 10.1. The molecule has 0 atom stereocenters. The van der Waals surface area contributed by atoms with Gasteiger partial charge in [0.25, 0.3) is 0 Å². The Bertz CT molecular complexity index is 1180. The van der Waals surface area contributed by atoms with E-state index in [-0.39, 0.29) is 0 Å². The van der Waals surface area contributed by atoms with Crippen LogP contribution in [0.1, 0.15) is 16.7 Å². The summed E-state index contributed by atoms with van der Waals surface area (Å²) in [5.41, 5.74) is 6.98. The molecule has 0 saturated heterocycles. The van der Waals surface area contributed by atoms with Crippen LogP contribution >= 0.6 is 15.9 Å². The number of rotatable bonds is 3. The molecule has 0 amide bonds. The summed E-state index contributed by atoms with van der Waals surface area (Å²) in [6, 6.07) is 19.0. The lowest BCUT2D eigenvalue weighted by Gasteiger charge is -2.30. The maximum atomic E-state index is 5.30. The molecule has 140 valence electrons. The molecule has 1 aliphatic heterocycles. The minimum atomic E-state index is 0.810. The van der Waals surface area contributed by atoms with E-state index in [0.717, 1.165) is 40.5 Å². The third-order valence-corrected chi connectivity index (χ3v) is 6.17. The first-order valence-electron chi connectivity index (χ1n) is 9.28. The molecule has 0 N–H and O–H groups in total. The highest BCUT2D eigenvalue weighted by Gasteiger charge is 2.27. The largest absolute Gasteiger partial charge is 0.497 e. The van der Waals surface area contributed by atoms with Crippen LogP contribution in [0.15, 0.2) is 65.3 Å². The molecule has 2 aromatic carbocycles. The van der Waals surface area contributed by atoms with Crippen molar-refractivity contribution in [3.8, 4) is 17.0 Å². The van der Waals surface area contributed by atoms with Gasteiger partial charge in [-0.25, -0.2) is 4.98 Å². The van der Waals surface area contributed by atoms with Crippen LogP contribution < -0.4 is 9.64 Å². The van der Waals surface area contributed by atoms with E-state index in [1.807, 2.05) is 12.1 Å². The molecular formula is C23H20BrN3O. The Morgan fingerprint density at radius 1 is 1.11 bits per heavy atom. The third kappa shape index (κ3) is 2.78. The normalized spacial score (nSPS) is 12.8. The highest BCUT2D eigenvalue weighted by atomic mass is 79.9. The van der Waals surface area contributed by atoms with Crippen molar-refractivity contribution < 1.29 is 4.74 Å². The Balaban J connectivity index is 1.66. The molecule has 0 spiro atoms. The molecule has 0 unspecified atom stereocenters. The molecule has 28 heavy (non-hydrogen) atoms. The van der Waals surface area contributed by atoms with E-state index in [9.17, 15) is 0 Å². The van der Waals surface area contributed by atoms with Gasteiger partial charge >= 0.3 is 0 Å². The Hall–Kier alpha value is -2.79. The fourth-order valence-electron chi connectivity index (χ4n) is 3.88. The lowest BCUT2D eigenvalue weighted by molar-refractivity contribution is 0.414. The number of ether oxygens (including phenoxy) is 1. The number of pyridine rings is 1. The topological polar surface area (TPSA) is 29.8 Å². The molecule has 5 rings (SSSR count). The second kappa shape index (κ2) is 6.67. The Morgan fingerprint density at radius 3 is 2.68 bits per heavy atom. The molecule has 4 aromatic rings.